The molecule has 3 aromatic heterocycles. The number of nitrogens with two attached hydrogens (primary N) is 1. The van der Waals surface area contributed by atoms with Gasteiger partial charge in [0.25, 0.3) is 5.56 Å². The van der Waals surface area contributed by atoms with Crippen molar-refractivity contribution in [3.63, 3.8) is 0 Å². The Morgan fingerprint density at radius 2 is 1.24 bits per heavy atom. The number of aliphatic hydroxyl groups excluding tert-OH is 1. The summed E-state index contributed by atoms with van der Waals surface area (Å²) in [7, 11) is 4.82. The van der Waals surface area contributed by atoms with Crippen LogP contribution in [0.2, 0.25) is 0 Å². The molecule has 3 aliphatic heterocycles. The van der Waals surface area contributed by atoms with E-state index in [9.17, 15) is 53.4 Å². The van der Waals surface area contributed by atoms with E-state index >= 15 is 0 Å². The Bertz CT molecular complexity index is 4750. The number of H-pyrrole nitrogens is 1. The number of imide groups is 1. The molecule has 3 atom stereocenters. The number of aromatic amines is 1. The summed E-state index contributed by atoms with van der Waals surface area (Å²) < 4.78 is 79.4. The fraction of sp³-hybridized carbons (Fsp3) is 0.598. The van der Waals surface area contributed by atoms with Crippen LogP contribution in [0.15, 0.2) is 90.0 Å². The molecule has 3 aromatic carbocycles. The largest absolute Gasteiger partial charge is 0.495 e. The third-order valence-electron chi connectivity index (χ3n) is 22.8. The van der Waals surface area contributed by atoms with Crippen molar-refractivity contribution in [3.8, 4) is 28.7 Å². The van der Waals surface area contributed by atoms with E-state index in [2.05, 4.69) is 71.5 Å². The number of aryl methyl sites for hydroxylation is 1. The van der Waals surface area contributed by atoms with Gasteiger partial charge in [0, 0.05) is 112 Å². The fourth-order valence-corrected chi connectivity index (χ4v) is 15.3. The first-order chi connectivity index (χ1) is 64.2. The van der Waals surface area contributed by atoms with Crippen molar-refractivity contribution < 1.29 is 115 Å². The van der Waals surface area contributed by atoms with Gasteiger partial charge in [-0.15, -0.1) is 0 Å². The molecule has 6 aromatic rings. The van der Waals surface area contributed by atoms with Gasteiger partial charge in [0.15, 0.2) is 5.60 Å². The highest BCUT2D eigenvalue weighted by molar-refractivity contribution is 6.07. The normalized spacial score (nSPS) is 15.8. The average molecular weight is 1850 g/mol. The monoisotopic (exact) mass is 1850 g/mol. The van der Waals surface area contributed by atoms with Crippen molar-refractivity contribution >= 4 is 81.0 Å². The number of likely N-dealkylation sites (tertiary alicyclic amines) is 1. The topological polar surface area (TPSA) is 481 Å². The van der Waals surface area contributed by atoms with E-state index in [0.29, 0.717) is 191 Å². The average Bonchev–Trinajstić information content (AvgIpc) is 1.20. The van der Waals surface area contributed by atoms with Gasteiger partial charge in [0.05, 0.1) is 208 Å². The number of unbranched alkanes of at least 4 members (excludes halogenated alkanes) is 1. The number of carbonyl (C=O) groups is 8. The van der Waals surface area contributed by atoms with Crippen LogP contribution in [-0.4, -0.2) is 349 Å². The van der Waals surface area contributed by atoms with Crippen molar-refractivity contribution in [1.82, 2.24) is 61.2 Å². The van der Waals surface area contributed by atoms with Crippen LogP contribution in [0.5, 0.6) is 5.75 Å². The summed E-state index contributed by atoms with van der Waals surface area (Å²) in [5, 5.41) is 38.4. The van der Waals surface area contributed by atoms with E-state index in [1.165, 1.54) is 12.0 Å². The van der Waals surface area contributed by atoms with Gasteiger partial charge in [-0.2, -0.15) is 0 Å². The van der Waals surface area contributed by atoms with Gasteiger partial charge in [-0.3, -0.25) is 38.5 Å². The Labute approximate surface area is 768 Å². The molecule has 6 heterocycles. The molecule has 4 fully saturated rings. The van der Waals surface area contributed by atoms with E-state index in [0.717, 1.165) is 97.1 Å². The lowest BCUT2D eigenvalue weighted by Gasteiger charge is -2.45. The van der Waals surface area contributed by atoms with Crippen LogP contribution in [0, 0.1) is 11.8 Å². The van der Waals surface area contributed by atoms with Crippen molar-refractivity contribution in [1.29, 1.82) is 0 Å². The number of benzene rings is 3. The second-order valence-electron chi connectivity index (χ2n) is 32.4. The Morgan fingerprint density at radius 1 is 0.644 bits per heavy atom. The van der Waals surface area contributed by atoms with Crippen LogP contribution < -0.4 is 57.7 Å². The van der Waals surface area contributed by atoms with Gasteiger partial charge in [-0.05, 0) is 112 Å². The van der Waals surface area contributed by atoms with Crippen LogP contribution >= 0.6 is 0 Å². The highest BCUT2D eigenvalue weighted by Crippen LogP contribution is 2.44. The predicted octanol–water partition coefficient (Wildman–Crippen LogP) is 3.22. The van der Waals surface area contributed by atoms with E-state index in [4.69, 9.17) is 82.0 Å². The van der Waals surface area contributed by atoms with Gasteiger partial charge < -0.3 is 134 Å². The number of methoxy groups -OCH3 is 2. The molecular formula is C92H131N15O25. The van der Waals surface area contributed by atoms with Crippen LogP contribution in [0.3, 0.4) is 0 Å². The molecule has 10 rings (SSSR count). The summed E-state index contributed by atoms with van der Waals surface area (Å²) in [5.74, 6) is 2.65. The van der Waals surface area contributed by atoms with Crippen LogP contribution in [0.25, 0.3) is 32.9 Å². The molecule has 11 N–H and O–H groups in total. The number of urea groups is 1. The summed E-state index contributed by atoms with van der Waals surface area (Å²) in [4.78, 5) is 138. The molecule has 724 valence electrons. The Hall–Kier alpha value is -10.4. The van der Waals surface area contributed by atoms with Crippen LogP contribution in [0.1, 0.15) is 101 Å². The minimum atomic E-state index is -1.64. The highest BCUT2D eigenvalue weighted by atomic mass is 16.6. The standard InChI is InChI=1S/C92H131N15O25/c1-91(26-34-104(35-27-91)69-22-31-105(32-23-69)88-100-74-19-16-67(73-63-103(2)87(115)83-71(73)21-30-95-83)60-72(74)84(102-88)92(64-108,132-70-17-18-70)68-12-6-5-7-13-68)98-29-10-11-66-15-20-78(120-4)77(59-66)106-33-24-82(112)107(90(106)118)65-97-81(111)62-96-85(113)76(61-79(93)109)99-86(114)75(101-89(116)117)14-8-9-28-94-80(110)25-36-121-39-40-123-43-44-125-47-48-127-51-52-129-55-56-131-58-57-130-54-53-128-50-49-126-46-45-124-42-41-122-38-37-119-3/h5-7,12-13,15-16,19-21,30,59-60,63,69-70,75-76,95,98,101,108H,8-9,14,17-18,22-29,31-58,61-62,64-65H2,1-4H3,(H2,93,109)(H,94,110)(H,96,113)(H,97,111)(H,99,114)(H,116,117)/t75-,76-,92-/m0/s1. The SMILES string of the molecule is COCCOCCOCCOCCOCCOCCOCCOCCOCCOCCOCCOCCC(=O)NCCCC[C@H](NC(=O)O)C(=O)N[C@@H](CC(N)=O)C(=O)NCC(=O)NCN1C(=O)CCN(c2cc(C#CCNC3(C)CCN(C4CCN(c5nc([C@@](CO)(OC6CC6)c6ccccc6)c6cc(-c7cn(C)c(=O)c8[nH]ccc78)ccc6n5)CC4)CC3)ccc2OC)C1=O. The molecule has 0 bridgehead atoms. The van der Waals surface area contributed by atoms with Gasteiger partial charge in [0.2, 0.25) is 41.4 Å². The molecule has 3 saturated heterocycles. The van der Waals surface area contributed by atoms with E-state index in [1.807, 2.05) is 54.7 Å². The zero-order chi connectivity index (χ0) is 93.7. The summed E-state index contributed by atoms with van der Waals surface area (Å²) >= 11 is 0. The second-order valence-corrected chi connectivity index (χ2v) is 32.4. The molecule has 0 radical (unpaired) electrons. The van der Waals surface area contributed by atoms with Crippen molar-refractivity contribution in [2.75, 3.05) is 242 Å². The molecule has 132 heavy (non-hydrogen) atoms. The molecule has 1 saturated carbocycles. The minimum Gasteiger partial charge on any atom is -0.495 e. The number of amides is 9. The summed E-state index contributed by atoms with van der Waals surface area (Å²) in [6.07, 6.45) is 7.09. The number of anilines is 2. The van der Waals surface area contributed by atoms with Crippen LogP contribution in [-0.2, 0) is 103 Å². The maximum Gasteiger partial charge on any atom is 0.405 e. The first kappa shape index (κ1) is 104. The zero-order valence-electron chi connectivity index (χ0n) is 76.2. The maximum absolute atomic E-state index is 14.1. The number of hydrogen-bond acceptors (Lipinski definition) is 29. The van der Waals surface area contributed by atoms with Gasteiger partial charge in [0.1, 0.15) is 30.0 Å². The number of aromatic nitrogens is 4. The lowest BCUT2D eigenvalue weighted by molar-refractivity contribution is -0.133. The predicted molar refractivity (Wildman–Crippen MR) is 486 cm³/mol. The molecule has 9 amide bonds. The summed E-state index contributed by atoms with van der Waals surface area (Å²) in [6.45, 7) is 14.1. The first-order valence-electron chi connectivity index (χ1n) is 45.3. The molecular weight excluding hydrogens is 1720 g/mol. The first-order valence-corrected chi connectivity index (χ1v) is 45.3. The Kier molecular flexibility index (Phi) is 43.9. The summed E-state index contributed by atoms with van der Waals surface area (Å²) in [5.41, 5.74) is 9.09. The van der Waals surface area contributed by atoms with Crippen molar-refractivity contribution in [2.45, 2.75) is 119 Å². The molecule has 1 aliphatic carbocycles. The number of primary amides is 1. The van der Waals surface area contributed by atoms with Crippen LogP contribution in [0.4, 0.5) is 21.2 Å². The number of hydrogen-bond donors (Lipinski definition) is 10. The number of rotatable bonds is 63. The van der Waals surface area contributed by atoms with Gasteiger partial charge >= 0.3 is 12.1 Å². The lowest BCUT2D eigenvalue weighted by Crippen LogP contribution is -2.57. The maximum atomic E-state index is 14.1. The fourth-order valence-electron chi connectivity index (χ4n) is 15.3. The lowest BCUT2D eigenvalue weighted by atomic mass is 9.87. The van der Waals surface area contributed by atoms with Gasteiger partial charge in [-0.1, -0.05) is 48.2 Å². The van der Waals surface area contributed by atoms with Crippen molar-refractivity contribution in [2.24, 2.45) is 12.8 Å². The number of piperidine rings is 2. The third-order valence-corrected chi connectivity index (χ3v) is 22.8. The number of carbonyl (C=O) groups excluding carboxylic acids is 7. The minimum absolute atomic E-state index is 0.0116. The quantitative estimate of drug-likeness (QED) is 0.0193. The van der Waals surface area contributed by atoms with E-state index in [1.54, 1.807) is 43.1 Å². The van der Waals surface area contributed by atoms with E-state index in [-0.39, 0.29) is 88.3 Å². The number of nitrogens with zero attached hydrogens (tertiary/aromatic N) is 7. The number of ether oxygens (including phenoxy) is 14. The van der Waals surface area contributed by atoms with Gasteiger partial charge in [-0.25, -0.2) is 24.5 Å². The zero-order valence-corrected chi connectivity index (χ0v) is 76.2. The number of aliphatic hydroxyl groups is 1. The second kappa shape index (κ2) is 55.9. The number of fused-ring (bicyclic) bond motifs is 2. The molecule has 40 heteroatoms. The highest BCUT2D eigenvalue weighted by Gasteiger charge is 2.45. The van der Waals surface area contributed by atoms with Crippen molar-refractivity contribution in [3.05, 3.63) is 112 Å². The molecule has 4 aliphatic rings. The molecule has 40 nitrogen and oxygen atoms in total. The Morgan fingerprint density at radius 3 is 1.81 bits per heavy atom. The number of pyridine rings is 1. The number of nitrogens with one attached hydrogen (secondary N) is 7. The molecule has 0 unspecified atom stereocenters. The third kappa shape index (κ3) is 33.3. The molecule has 0 spiro atoms. The summed E-state index contributed by atoms with van der Waals surface area (Å²) in [6, 6.07) is 19.5. The number of carboxylic acid groups (broad SMARTS) is 1. The Balaban J connectivity index is 0.566. The van der Waals surface area contributed by atoms with E-state index < -0.39 is 79.0 Å². The smallest absolute Gasteiger partial charge is 0.405 e.